The first-order valence-electron chi connectivity index (χ1n) is 6.73. The molecule has 100 valence electrons. The van der Waals surface area contributed by atoms with E-state index in [0.29, 0.717) is 6.04 Å². The Balaban J connectivity index is 1.97. The number of aryl methyl sites for hydroxylation is 1. The molecule has 1 N–H and O–H groups in total. The van der Waals surface area contributed by atoms with Crippen LogP contribution in [0.4, 0.5) is 0 Å². The topological polar surface area (TPSA) is 37.3 Å². The predicted molar refractivity (Wildman–Crippen MR) is 76.3 cm³/mol. The highest BCUT2D eigenvalue weighted by molar-refractivity contribution is 6.07. The van der Waals surface area contributed by atoms with E-state index in [-0.39, 0.29) is 5.91 Å². The van der Waals surface area contributed by atoms with Crippen molar-refractivity contribution in [1.29, 1.82) is 0 Å². The van der Waals surface area contributed by atoms with E-state index in [0.717, 1.165) is 36.1 Å². The highest BCUT2D eigenvalue weighted by Gasteiger charge is 2.23. The summed E-state index contributed by atoms with van der Waals surface area (Å²) in [4.78, 5) is 14.6. The van der Waals surface area contributed by atoms with Gasteiger partial charge in [-0.1, -0.05) is 18.2 Å². The van der Waals surface area contributed by atoms with E-state index < -0.39 is 0 Å². The van der Waals surface area contributed by atoms with Crippen LogP contribution in [0.25, 0.3) is 10.9 Å². The molecule has 19 heavy (non-hydrogen) atoms. The number of amides is 1. The van der Waals surface area contributed by atoms with Gasteiger partial charge in [-0.05, 0) is 13.0 Å². The molecule has 0 radical (unpaired) electrons. The summed E-state index contributed by atoms with van der Waals surface area (Å²) in [6.45, 7) is 4.55. The molecule has 1 fully saturated rings. The first kappa shape index (κ1) is 12.2. The number of para-hydroxylation sites is 1. The fraction of sp³-hybridized carbons (Fsp3) is 0.400. The van der Waals surface area contributed by atoms with Crippen LogP contribution < -0.4 is 5.32 Å². The Morgan fingerprint density at radius 2 is 2.16 bits per heavy atom. The Hall–Kier alpha value is -1.81. The minimum Gasteiger partial charge on any atom is -0.350 e. The third-order valence-electron chi connectivity index (χ3n) is 3.78. The van der Waals surface area contributed by atoms with Crippen LogP contribution in [0.15, 0.2) is 30.5 Å². The molecule has 0 aliphatic carbocycles. The highest BCUT2D eigenvalue weighted by atomic mass is 16.2. The van der Waals surface area contributed by atoms with Crippen molar-refractivity contribution >= 4 is 16.8 Å². The van der Waals surface area contributed by atoms with Gasteiger partial charge in [-0.2, -0.15) is 0 Å². The number of hydrogen-bond donors (Lipinski definition) is 1. The number of hydrogen-bond acceptors (Lipinski definition) is 2. The minimum atomic E-state index is 0.144. The van der Waals surface area contributed by atoms with Crippen LogP contribution in [0.2, 0.25) is 0 Å². The van der Waals surface area contributed by atoms with E-state index in [1.54, 1.807) is 0 Å². The van der Waals surface area contributed by atoms with E-state index in [1.807, 2.05) is 47.0 Å². The maximum Gasteiger partial charge on any atom is 0.256 e. The molecule has 1 aliphatic rings. The Morgan fingerprint density at radius 3 is 2.95 bits per heavy atom. The van der Waals surface area contributed by atoms with Crippen molar-refractivity contribution < 1.29 is 4.79 Å². The molecule has 2 aromatic rings. The second-order valence-electron chi connectivity index (χ2n) is 5.28. The molecule has 4 heteroatoms. The summed E-state index contributed by atoms with van der Waals surface area (Å²) in [7, 11) is 1.99. The fourth-order valence-electron chi connectivity index (χ4n) is 2.80. The summed E-state index contributed by atoms with van der Waals surface area (Å²) in [5.74, 6) is 0.144. The van der Waals surface area contributed by atoms with Gasteiger partial charge < -0.3 is 14.8 Å². The lowest BCUT2D eigenvalue weighted by atomic mass is 10.1. The first-order valence-corrected chi connectivity index (χ1v) is 6.73. The maximum atomic E-state index is 12.7. The van der Waals surface area contributed by atoms with Gasteiger partial charge in [0.15, 0.2) is 0 Å². The summed E-state index contributed by atoms with van der Waals surface area (Å²) >= 11 is 0. The van der Waals surface area contributed by atoms with Crippen LogP contribution in [0.1, 0.15) is 17.3 Å². The van der Waals surface area contributed by atoms with Crippen molar-refractivity contribution in [2.24, 2.45) is 7.05 Å². The number of piperazine rings is 1. The van der Waals surface area contributed by atoms with Crippen LogP contribution in [0, 0.1) is 0 Å². The zero-order chi connectivity index (χ0) is 13.4. The molecule has 1 aromatic heterocycles. The third-order valence-corrected chi connectivity index (χ3v) is 3.78. The lowest BCUT2D eigenvalue weighted by Gasteiger charge is -2.31. The van der Waals surface area contributed by atoms with Crippen molar-refractivity contribution in [3.8, 4) is 0 Å². The Kier molecular flexibility index (Phi) is 3.03. The summed E-state index contributed by atoms with van der Waals surface area (Å²) < 4.78 is 2.02. The highest BCUT2D eigenvalue weighted by Crippen LogP contribution is 2.22. The molecule has 1 unspecified atom stereocenters. The third kappa shape index (κ3) is 2.12. The zero-order valence-corrected chi connectivity index (χ0v) is 11.4. The molecule has 0 saturated carbocycles. The molecule has 1 atom stereocenters. The van der Waals surface area contributed by atoms with Crippen LogP contribution in [0.3, 0.4) is 0 Å². The van der Waals surface area contributed by atoms with Gasteiger partial charge in [-0.15, -0.1) is 0 Å². The normalized spacial score (nSPS) is 19.9. The van der Waals surface area contributed by atoms with Crippen molar-refractivity contribution in [1.82, 2.24) is 14.8 Å². The number of nitrogens with one attached hydrogen (secondary N) is 1. The maximum absolute atomic E-state index is 12.7. The molecule has 1 aliphatic heterocycles. The molecular formula is C15H19N3O. The van der Waals surface area contributed by atoms with E-state index in [9.17, 15) is 4.79 Å². The molecular weight excluding hydrogens is 238 g/mol. The lowest BCUT2D eigenvalue weighted by Crippen LogP contribution is -2.51. The number of carbonyl (C=O) groups excluding carboxylic acids is 1. The second-order valence-corrected chi connectivity index (χ2v) is 5.28. The Morgan fingerprint density at radius 1 is 1.37 bits per heavy atom. The summed E-state index contributed by atoms with van der Waals surface area (Å²) in [5, 5.41) is 4.40. The smallest absolute Gasteiger partial charge is 0.256 e. The number of rotatable bonds is 1. The summed E-state index contributed by atoms with van der Waals surface area (Å²) in [6.07, 6.45) is 1.94. The van der Waals surface area contributed by atoms with Crippen LogP contribution >= 0.6 is 0 Å². The van der Waals surface area contributed by atoms with Gasteiger partial charge in [0.05, 0.1) is 5.56 Å². The largest absolute Gasteiger partial charge is 0.350 e. The lowest BCUT2D eigenvalue weighted by molar-refractivity contribution is 0.0711. The van der Waals surface area contributed by atoms with E-state index in [2.05, 4.69) is 12.2 Å². The molecule has 4 nitrogen and oxygen atoms in total. The van der Waals surface area contributed by atoms with Crippen LogP contribution in [-0.4, -0.2) is 41.1 Å². The van der Waals surface area contributed by atoms with E-state index in [4.69, 9.17) is 0 Å². The molecule has 2 heterocycles. The average Bonchev–Trinajstić information content (AvgIpc) is 2.76. The fourth-order valence-corrected chi connectivity index (χ4v) is 2.80. The SMILES string of the molecule is CC1CN(C(=O)c2cn(C)c3ccccc23)CCN1. The summed E-state index contributed by atoms with van der Waals surface area (Å²) in [5.41, 5.74) is 1.92. The van der Waals surface area contributed by atoms with Crippen molar-refractivity contribution in [2.45, 2.75) is 13.0 Å². The first-order chi connectivity index (χ1) is 9.16. The van der Waals surface area contributed by atoms with Crippen LogP contribution in [-0.2, 0) is 7.05 Å². The van der Waals surface area contributed by atoms with Gasteiger partial charge >= 0.3 is 0 Å². The van der Waals surface area contributed by atoms with Gasteiger partial charge in [0, 0.05) is 49.8 Å². The number of benzene rings is 1. The number of fused-ring (bicyclic) bond motifs is 1. The van der Waals surface area contributed by atoms with Gasteiger partial charge in [-0.3, -0.25) is 4.79 Å². The molecule has 1 amide bonds. The van der Waals surface area contributed by atoms with Crippen LogP contribution in [0.5, 0.6) is 0 Å². The van der Waals surface area contributed by atoms with Gasteiger partial charge in [0.1, 0.15) is 0 Å². The van der Waals surface area contributed by atoms with E-state index >= 15 is 0 Å². The van der Waals surface area contributed by atoms with Gasteiger partial charge in [0.25, 0.3) is 5.91 Å². The van der Waals surface area contributed by atoms with Crippen molar-refractivity contribution in [3.05, 3.63) is 36.0 Å². The standard InChI is InChI=1S/C15H19N3O/c1-11-9-18(8-7-16-11)15(19)13-10-17(2)14-6-4-3-5-12(13)14/h3-6,10-11,16H,7-9H2,1-2H3. The number of aromatic nitrogens is 1. The zero-order valence-electron chi connectivity index (χ0n) is 11.4. The Bertz CT molecular complexity index is 617. The molecule has 1 saturated heterocycles. The molecule has 0 bridgehead atoms. The second kappa shape index (κ2) is 4.70. The quantitative estimate of drug-likeness (QED) is 0.843. The predicted octanol–water partition coefficient (Wildman–Crippen LogP) is 1.61. The van der Waals surface area contributed by atoms with Crippen molar-refractivity contribution in [3.63, 3.8) is 0 Å². The average molecular weight is 257 g/mol. The van der Waals surface area contributed by atoms with E-state index in [1.165, 1.54) is 0 Å². The monoisotopic (exact) mass is 257 g/mol. The number of carbonyl (C=O) groups is 1. The number of nitrogens with zero attached hydrogens (tertiary/aromatic N) is 2. The molecule has 1 aromatic carbocycles. The summed E-state index contributed by atoms with van der Waals surface area (Å²) in [6, 6.07) is 8.43. The van der Waals surface area contributed by atoms with Crippen molar-refractivity contribution in [2.75, 3.05) is 19.6 Å². The Labute approximate surface area is 113 Å². The van der Waals surface area contributed by atoms with Gasteiger partial charge in [0.2, 0.25) is 0 Å². The molecule has 0 spiro atoms. The minimum absolute atomic E-state index is 0.144. The van der Waals surface area contributed by atoms with Gasteiger partial charge in [-0.25, -0.2) is 0 Å². The molecule has 3 rings (SSSR count).